The molecular formula is C11H20N2O. The van der Waals surface area contributed by atoms with E-state index < -0.39 is 0 Å². The lowest BCUT2D eigenvalue weighted by atomic mass is 10.0. The van der Waals surface area contributed by atoms with Gasteiger partial charge in [0.1, 0.15) is 0 Å². The number of hydrogen-bond donors (Lipinski definition) is 0. The third kappa shape index (κ3) is 2.02. The van der Waals surface area contributed by atoms with Gasteiger partial charge in [0, 0.05) is 26.2 Å². The Labute approximate surface area is 86.1 Å². The third-order valence-corrected chi connectivity index (χ3v) is 3.30. The monoisotopic (exact) mass is 196 g/mol. The average Bonchev–Trinajstić information content (AvgIpc) is 2.69. The van der Waals surface area contributed by atoms with Crippen LogP contribution in [-0.4, -0.2) is 42.0 Å². The standard InChI is InChI=1S/C11H20N2O/c1-10-5-4-8-13(9-10)11(14)12-6-2-3-7-12/h10H,2-9H2,1H3. The van der Waals surface area contributed by atoms with E-state index in [1.807, 2.05) is 9.80 Å². The molecule has 3 heteroatoms. The van der Waals surface area contributed by atoms with Crippen molar-refractivity contribution in [2.75, 3.05) is 26.2 Å². The number of carbonyl (C=O) groups excluding carboxylic acids is 1. The predicted octanol–water partition coefficient (Wildman–Crippen LogP) is 1.93. The Morgan fingerprint density at radius 2 is 1.71 bits per heavy atom. The summed E-state index contributed by atoms with van der Waals surface area (Å²) in [7, 11) is 0. The van der Waals surface area contributed by atoms with E-state index in [9.17, 15) is 4.79 Å². The molecule has 0 aromatic heterocycles. The van der Waals surface area contributed by atoms with Crippen LogP contribution < -0.4 is 0 Å². The van der Waals surface area contributed by atoms with Crippen LogP contribution in [0.5, 0.6) is 0 Å². The zero-order chi connectivity index (χ0) is 9.97. The molecule has 0 aromatic rings. The Morgan fingerprint density at radius 3 is 2.36 bits per heavy atom. The van der Waals surface area contributed by atoms with Crippen LogP contribution in [0.4, 0.5) is 4.79 Å². The summed E-state index contributed by atoms with van der Waals surface area (Å²) in [5, 5.41) is 0. The molecule has 14 heavy (non-hydrogen) atoms. The average molecular weight is 196 g/mol. The number of piperidine rings is 1. The molecule has 2 rings (SSSR count). The quantitative estimate of drug-likeness (QED) is 0.580. The maximum absolute atomic E-state index is 12.0. The van der Waals surface area contributed by atoms with Crippen molar-refractivity contribution in [1.82, 2.24) is 9.80 Å². The lowest BCUT2D eigenvalue weighted by molar-refractivity contribution is 0.139. The van der Waals surface area contributed by atoms with Crippen LogP contribution in [0.3, 0.4) is 0 Å². The zero-order valence-corrected chi connectivity index (χ0v) is 9.04. The highest BCUT2D eigenvalue weighted by Gasteiger charge is 2.26. The van der Waals surface area contributed by atoms with Gasteiger partial charge >= 0.3 is 6.03 Å². The second-order valence-corrected chi connectivity index (χ2v) is 4.67. The second-order valence-electron chi connectivity index (χ2n) is 4.67. The van der Waals surface area contributed by atoms with E-state index in [-0.39, 0.29) is 6.03 Å². The summed E-state index contributed by atoms with van der Waals surface area (Å²) in [4.78, 5) is 16.1. The molecule has 0 aromatic carbocycles. The van der Waals surface area contributed by atoms with Crippen LogP contribution in [0, 0.1) is 5.92 Å². The summed E-state index contributed by atoms with van der Waals surface area (Å²) in [5.74, 6) is 0.690. The van der Waals surface area contributed by atoms with Gasteiger partial charge in [0.2, 0.25) is 0 Å². The first-order valence-electron chi connectivity index (χ1n) is 5.81. The Morgan fingerprint density at radius 1 is 1.07 bits per heavy atom. The van der Waals surface area contributed by atoms with Gasteiger partial charge in [-0.2, -0.15) is 0 Å². The number of likely N-dealkylation sites (tertiary alicyclic amines) is 2. The Hall–Kier alpha value is -0.730. The van der Waals surface area contributed by atoms with Crippen LogP contribution in [0.15, 0.2) is 0 Å². The molecular weight excluding hydrogens is 176 g/mol. The lowest BCUT2D eigenvalue weighted by Gasteiger charge is -2.33. The first kappa shape index (κ1) is 9.81. The van der Waals surface area contributed by atoms with E-state index >= 15 is 0 Å². The number of rotatable bonds is 0. The number of amides is 2. The molecule has 2 heterocycles. The molecule has 0 N–H and O–H groups in total. The SMILES string of the molecule is CC1CCCN(C(=O)N2CCCC2)C1. The molecule has 0 aliphatic carbocycles. The van der Waals surface area contributed by atoms with Crippen LogP contribution in [0.1, 0.15) is 32.6 Å². The van der Waals surface area contributed by atoms with Crippen molar-refractivity contribution in [1.29, 1.82) is 0 Å². The van der Waals surface area contributed by atoms with E-state index in [4.69, 9.17) is 0 Å². The molecule has 80 valence electrons. The lowest BCUT2D eigenvalue weighted by Crippen LogP contribution is -2.46. The van der Waals surface area contributed by atoms with Gasteiger partial charge in [-0.05, 0) is 31.6 Å². The van der Waals surface area contributed by atoms with Gasteiger partial charge in [-0.25, -0.2) is 4.79 Å². The molecule has 2 aliphatic heterocycles. The van der Waals surface area contributed by atoms with Gasteiger partial charge in [0.25, 0.3) is 0 Å². The molecule has 0 spiro atoms. The number of carbonyl (C=O) groups is 1. The summed E-state index contributed by atoms with van der Waals surface area (Å²) < 4.78 is 0. The van der Waals surface area contributed by atoms with E-state index in [0.717, 1.165) is 26.2 Å². The van der Waals surface area contributed by atoms with Crippen molar-refractivity contribution < 1.29 is 4.79 Å². The maximum Gasteiger partial charge on any atom is 0.320 e. The molecule has 3 nitrogen and oxygen atoms in total. The molecule has 1 atom stereocenters. The van der Waals surface area contributed by atoms with Crippen molar-refractivity contribution in [3.8, 4) is 0 Å². The van der Waals surface area contributed by atoms with Gasteiger partial charge in [-0.3, -0.25) is 0 Å². The van der Waals surface area contributed by atoms with E-state index in [1.54, 1.807) is 0 Å². The summed E-state index contributed by atoms with van der Waals surface area (Å²) in [6.07, 6.45) is 4.84. The van der Waals surface area contributed by atoms with Gasteiger partial charge < -0.3 is 9.80 Å². The minimum atomic E-state index is 0.286. The van der Waals surface area contributed by atoms with Gasteiger partial charge in [0.05, 0.1) is 0 Å². The fourth-order valence-electron chi connectivity index (χ4n) is 2.47. The largest absolute Gasteiger partial charge is 0.325 e. The summed E-state index contributed by atoms with van der Waals surface area (Å²) in [6, 6.07) is 0.286. The van der Waals surface area contributed by atoms with E-state index in [0.29, 0.717) is 5.92 Å². The van der Waals surface area contributed by atoms with Crippen molar-refractivity contribution in [2.24, 2.45) is 5.92 Å². The van der Waals surface area contributed by atoms with Crippen molar-refractivity contribution in [2.45, 2.75) is 32.6 Å². The maximum atomic E-state index is 12.0. The number of nitrogens with zero attached hydrogens (tertiary/aromatic N) is 2. The molecule has 0 radical (unpaired) electrons. The molecule has 1 unspecified atom stereocenters. The number of hydrogen-bond acceptors (Lipinski definition) is 1. The number of urea groups is 1. The highest BCUT2D eigenvalue weighted by molar-refractivity contribution is 5.74. The molecule has 2 fully saturated rings. The van der Waals surface area contributed by atoms with Crippen LogP contribution in [-0.2, 0) is 0 Å². The first-order chi connectivity index (χ1) is 6.77. The highest BCUT2D eigenvalue weighted by atomic mass is 16.2. The van der Waals surface area contributed by atoms with Crippen molar-refractivity contribution in [3.05, 3.63) is 0 Å². The fraction of sp³-hybridized carbons (Fsp3) is 0.909. The zero-order valence-electron chi connectivity index (χ0n) is 9.04. The van der Waals surface area contributed by atoms with Crippen molar-refractivity contribution >= 4 is 6.03 Å². The Kier molecular flexibility index (Phi) is 2.94. The molecule has 0 saturated carbocycles. The van der Waals surface area contributed by atoms with Crippen molar-refractivity contribution in [3.63, 3.8) is 0 Å². The molecule has 2 saturated heterocycles. The normalized spacial score (nSPS) is 28.2. The third-order valence-electron chi connectivity index (χ3n) is 3.30. The van der Waals surface area contributed by atoms with E-state index in [2.05, 4.69) is 6.92 Å². The Bertz CT molecular complexity index is 211. The molecule has 0 bridgehead atoms. The second kappa shape index (κ2) is 4.20. The minimum Gasteiger partial charge on any atom is -0.325 e. The van der Waals surface area contributed by atoms with Crippen LogP contribution in [0.2, 0.25) is 0 Å². The van der Waals surface area contributed by atoms with E-state index in [1.165, 1.54) is 25.7 Å². The molecule has 2 amide bonds. The minimum absolute atomic E-state index is 0.286. The molecule has 2 aliphatic rings. The first-order valence-corrected chi connectivity index (χ1v) is 5.81. The van der Waals surface area contributed by atoms with Gasteiger partial charge in [0.15, 0.2) is 0 Å². The van der Waals surface area contributed by atoms with Crippen LogP contribution >= 0.6 is 0 Å². The summed E-state index contributed by atoms with van der Waals surface area (Å²) in [6.45, 7) is 6.13. The van der Waals surface area contributed by atoms with Crippen LogP contribution in [0.25, 0.3) is 0 Å². The highest BCUT2D eigenvalue weighted by Crippen LogP contribution is 2.18. The topological polar surface area (TPSA) is 23.6 Å². The Balaban J connectivity index is 1.89. The van der Waals surface area contributed by atoms with Gasteiger partial charge in [-0.1, -0.05) is 6.92 Å². The summed E-state index contributed by atoms with van der Waals surface area (Å²) >= 11 is 0. The predicted molar refractivity (Wildman–Crippen MR) is 56.2 cm³/mol. The summed E-state index contributed by atoms with van der Waals surface area (Å²) in [5.41, 5.74) is 0. The fourth-order valence-corrected chi connectivity index (χ4v) is 2.47. The smallest absolute Gasteiger partial charge is 0.320 e. The van der Waals surface area contributed by atoms with Gasteiger partial charge in [-0.15, -0.1) is 0 Å².